The molecule has 2 saturated heterocycles. The fourth-order valence-electron chi connectivity index (χ4n) is 4.46. The number of nitrogen functional groups attached to an aromatic ring is 1. The van der Waals surface area contributed by atoms with Crippen LogP contribution in [0.4, 0.5) is 29.1 Å². The Balaban J connectivity index is 1.32. The molecule has 2 aromatic heterocycles. The van der Waals surface area contributed by atoms with Crippen LogP contribution in [-0.2, 0) is 0 Å². The highest BCUT2D eigenvalue weighted by atomic mass is 16.5. The maximum Gasteiger partial charge on any atom is 0.248 e. The summed E-state index contributed by atoms with van der Waals surface area (Å²) >= 11 is 0. The van der Waals surface area contributed by atoms with Gasteiger partial charge in [-0.25, -0.2) is 9.97 Å². The van der Waals surface area contributed by atoms with Crippen LogP contribution in [-0.4, -0.2) is 89.1 Å². The molecule has 2 aliphatic rings. The summed E-state index contributed by atoms with van der Waals surface area (Å²) in [7, 11) is 3.74. The first-order valence-electron chi connectivity index (χ1n) is 12.0. The number of methoxy groups -OCH3 is 1. The molecule has 3 aromatic rings. The molecule has 0 unspecified atom stereocenters. The van der Waals surface area contributed by atoms with E-state index >= 15 is 0 Å². The molecule has 1 atom stereocenters. The third-order valence-electron chi connectivity index (χ3n) is 6.45. The number of hydrogen-bond acceptors (Lipinski definition) is 11. The molecule has 0 amide bonds. The summed E-state index contributed by atoms with van der Waals surface area (Å²) in [4.78, 5) is 17.9. The number of ether oxygens (including phenoxy) is 1. The van der Waals surface area contributed by atoms with Crippen molar-refractivity contribution in [2.75, 3.05) is 74.7 Å². The molecular weight excluding hydrogens is 446 g/mol. The van der Waals surface area contributed by atoms with E-state index in [-0.39, 0.29) is 12.0 Å². The lowest BCUT2D eigenvalue weighted by Crippen LogP contribution is -2.44. The summed E-state index contributed by atoms with van der Waals surface area (Å²) in [6, 6.07) is 8.53. The highest BCUT2D eigenvalue weighted by Gasteiger charge is 2.22. The molecule has 4 heterocycles. The second-order valence-corrected chi connectivity index (χ2v) is 8.93. The van der Waals surface area contributed by atoms with Crippen molar-refractivity contribution in [2.24, 2.45) is 0 Å². The van der Waals surface area contributed by atoms with Crippen LogP contribution in [0.1, 0.15) is 12.8 Å². The predicted molar refractivity (Wildman–Crippen MR) is 137 cm³/mol. The summed E-state index contributed by atoms with van der Waals surface area (Å²) in [5.74, 6) is 2.08. The average molecular weight is 480 g/mol. The van der Waals surface area contributed by atoms with Gasteiger partial charge in [-0.2, -0.15) is 9.67 Å². The number of nitrogens with two attached hydrogens (primary N) is 1. The summed E-state index contributed by atoms with van der Waals surface area (Å²) < 4.78 is 7.12. The number of benzene rings is 1. The topological polar surface area (TPSA) is 134 Å². The molecule has 5 N–H and O–H groups in total. The minimum atomic E-state index is 0.198. The number of hydrogen-bond donors (Lipinski definition) is 4. The Morgan fingerprint density at radius 1 is 1.11 bits per heavy atom. The minimum absolute atomic E-state index is 0.198. The molecule has 5 rings (SSSR count). The molecular formula is C23H33N11O. The van der Waals surface area contributed by atoms with Gasteiger partial charge in [0.2, 0.25) is 23.5 Å². The van der Waals surface area contributed by atoms with E-state index in [1.807, 2.05) is 12.1 Å². The van der Waals surface area contributed by atoms with Gasteiger partial charge in [0, 0.05) is 50.1 Å². The van der Waals surface area contributed by atoms with Crippen LogP contribution in [0.2, 0.25) is 0 Å². The summed E-state index contributed by atoms with van der Waals surface area (Å²) in [6.45, 7) is 6.11. The zero-order valence-corrected chi connectivity index (χ0v) is 20.2. The van der Waals surface area contributed by atoms with Gasteiger partial charge in [0.25, 0.3) is 0 Å². The van der Waals surface area contributed by atoms with Crippen molar-refractivity contribution < 1.29 is 4.74 Å². The second-order valence-electron chi connectivity index (χ2n) is 8.93. The molecule has 12 heteroatoms. The quantitative estimate of drug-likeness (QED) is 0.391. The number of rotatable bonds is 7. The lowest BCUT2D eigenvalue weighted by molar-refractivity contribution is 0.313. The fraction of sp³-hybridized carbons (Fsp3) is 0.478. The molecule has 0 radical (unpaired) electrons. The highest BCUT2D eigenvalue weighted by Crippen LogP contribution is 2.30. The molecule has 0 saturated carbocycles. The van der Waals surface area contributed by atoms with E-state index in [1.165, 1.54) is 16.7 Å². The van der Waals surface area contributed by atoms with E-state index in [1.54, 1.807) is 7.11 Å². The molecule has 0 bridgehead atoms. The van der Waals surface area contributed by atoms with Crippen LogP contribution < -0.4 is 31.3 Å². The lowest BCUT2D eigenvalue weighted by Gasteiger charge is -2.34. The molecule has 2 fully saturated rings. The Morgan fingerprint density at radius 3 is 2.63 bits per heavy atom. The van der Waals surface area contributed by atoms with Gasteiger partial charge in [-0.15, -0.1) is 5.10 Å². The van der Waals surface area contributed by atoms with Crippen LogP contribution in [0.3, 0.4) is 0 Å². The fourth-order valence-corrected chi connectivity index (χ4v) is 4.46. The molecule has 1 aromatic carbocycles. The number of likely N-dealkylation sites (N-methyl/N-ethyl adjacent to an activating group) is 1. The van der Waals surface area contributed by atoms with Crippen molar-refractivity contribution in [1.82, 2.24) is 34.9 Å². The van der Waals surface area contributed by atoms with Gasteiger partial charge in [-0.3, -0.25) is 0 Å². The molecule has 0 spiro atoms. The Kier molecular flexibility index (Phi) is 6.82. The van der Waals surface area contributed by atoms with E-state index in [4.69, 9.17) is 10.5 Å². The van der Waals surface area contributed by atoms with E-state index < -0.39 is 0 Å². The average Bonchev–Trinajstić information content (AvgIpc) is 3.25. The van der Waals surface area contributed by atoms with Crippen LogP contribution in [0.15, 0.2) is 30.6 Å². The van der Waals surface area contributed by atoms with Gasteiger partial charge in [0.15, 0.2) is 5.82 Å². The Hall–Kier alpha value is -3.64. The van der Waals surface area contributed by atoms with Crippen LogP contribution >= 0.6 is 0 Å². The first-order chi connectivity index (χ1) is 17.1. The third kappa shape index (κ3) is 5.23. The summed E-state index contributed by atoms with van der Waals surface area (Å²) in [6.07, 6.45) is 3.64. The van der Waals surface area contributed by atoms with Gasteiger partial charge in [-0.1, -0.05) is 0 Å². The predicted octanol–water partition coefficient (Wildman–Crippen LogP) is 1.31. The van der Waals surface area contributed by atoms with Crippen molar-refractivity contribution in [3.63, 3.8) is 0 Å². The van der Waals surface area contributed by atoms with Crippen molar-refractivity contribution in [3.05, 3.63) is 30.6 Å². The smallest absolute Gasteiger partial charge is 0.248 e. The SMILES string of the molecule is COc1c(N[C@H]2CCCNC2)ncnc1-n1nc(Nc2ccc(N3CCN(C)CC3)cc2)nc1N. The number of anilines is 5. The Labute approximate surface area is 204 Å². The number of piperidine rings is 1. The van der Waals surface area contributed by atoms with Crippen molar-refractivity contribution in [1.29, 1.82) is 0 Å². The molecule has 2 aliphatic heterocycles. The Morgan fingerprint density at radius 2 is 1.91 bits per heavy atom. The number of nitrogens with zero attached hydrogens (tertiary/aromatic N) is 7. The van der Waals surface area contributed by atoms with E-state index in [9.17, 15) is 0 Å². The molecule has 0 aliphatic carbocycles. The summed E-state index contributed by atoms with van der Waals surface area (Å²) in [5.41, 5.74) is 8.30. The number of nitrogens with one attached hydrogen (secondary N) is 3. The molecule has 12 nitrogen and oxygen atoms in total. The largest absolute Gasteiger partial charge is 0.490 e. The van der Waals surface area contributed by atoms with E-state index in [0.29, 0.717) is 23.3 Å². The van der Waals surface area contributed by atoms with Gasteiger partial charge in [-0.05, 0) is 50.7 Å². The van der Waals surface area contributed by atoms with E-state index in [2.05, 4.69) is 65.0 Å². The van der Waals surface area contributed by atoms with Crippen molar-refractivity contribution in [3.8, 4) is 11.6 Å². The van der Waals surface area contributed by atoms with Gasteiger partial charge < -0.3 is 36.2 Å². The zero-order chi connectivity index (χ0) is 24.2. The minimum Gasteiger partial charge on any atom is -0.490 e. The van der Waals surface area contributed by atoms with Crippen LogP contribution in [0.25, 0.3) is 5.82 Å². The van der Waals surface area contributed by atoms with Crippen LogP contribution in [0, 0.1) is 0 Å². The molecule has 186 valence electrons. The van der Waals surface area contributed by atoms with Gasteiger partial charge in [0.05, 0.1) is 7.11 Å². The monoisotopic (exact) mass is 479 g/mol. The Bertz CT molecular complexity index is 1120. The molecule has 35 heavy (non-hydrogen) atoms. The van der Waals surface area contributed by atoms with Gasteiger partial charge >= 0.3 is 0 Å². The maximum atomic E-state index is 6.21. The van der Waals surface area contributed by atoms with E-state index in [0.717, 1.165) is 57.8 Å². The highest BCUT2D eigenvalue weighted by molar-refractivity contribution is 5.62. The first-order valence-corrected chi connectivity index (χ1v) is 12.0. The normalized spacial score (nSPS) is 18.9. The maximum absolute atomic E-state index is 6.21. The second kappa shape index (κ2) is 10.3. The standard InChI is InChI=1S/C23H33N11O/c1-32-10-12-33(13-11-32)18-7-5-16(6-8-18)29-23-30-22(24)34(31-23)21-19(35-2)20(26-15-27-21)28-17-4-3-9-25-14-17/h5-8,15,17,25H,3-4,9-14H2,1-2H3,(H,26,27,28)(H3,24,29,30,31)/t17-/m0/s1. The number of piperazine rings is 1. The lowest BCUT2D eigenvalue weighted by atomic mass is 10.1. The number of aromatic nitrogens is 5. The zero-order valence-electron chi connectivity index (χ0n) is 20.2. The van der Waals surface area contributed by atoms with Gasteiger partial charge in [0.1, 0.15) is 6.33 Å². The van der Waals surface area contributed by atoms with Crippen molar-refractivity contribution >= 4 is 29.1 Å². The third-order valence-corrected chi connectivity index (χ3v) is 6.45. The van der Waals surface area contributed by atoms with Crippen LogP contribution in [0.5, 0.6) is 5.75 Å². The van der Waals surface area contributed by atoms with Crippen molar-refractivity contribution in [2.45, 2.75) is 18.9 Å². The first kappa shape index (κ1) is 23.1. The summed E-state index contributed by atoms with van der Waals surface area (Å²) in [5, 5.41) is 14.6.